The molecule has 1 fully saturated rings. The lowest BCUT2D eigenvalue weighted by molar-refractivity contribution is 0.155. The van der Waals surface area contributed by atoms with Crippen LogP contribution in [0.5, 0.6) is 0 Å². The zero-order chi connectivity index (χ0) is 18.2. The number of nitrogens with zero attached hydrogens (tertiary/aromatic N) is 4. The number of aromatic nitrogens is 3. The molecule has 0 unspecified atom stereocenters. The summed E-state index contributed by atoms with van der Waals surface area (Å²) < 4.78 is 13.9. The van der Waals surface area contributed by atoms with Gasteiger partial charge < -0.3 is 8.83 Å². The van der Waals surface area contributed by atoms with Crippen LogP contribution >= 0.6 is 23.6 Å². The molecule has 138 valence electrons. The second-order valence-corrected chi connectivity index (χ2v) is 8.14. The molecular formula is C19H18N4O2S2. The van der Waals surface area contributed by atoms with Crippen LogP contribution in [-0.2, 0) is 6.67 Å². The van der Waals surface area contributed by atoms with E-state index in [4.69, 9.17) is 26.0 Å². The maximum absolute atomic E-state index is 5.59. The zero-order valence-electron chi connectivity index (χ0n) is 14.6. The number of hydrogen-bond acceptors (Lipinski definition) is 7. The Morgan fingerprint density at radius 3 is 3.00 bits per heavy atom. The molecule has 0 radical (unpaired) electrons. The standard InChI is InChI=1S/C19H18N4O2S2/c26-19-23(21-17(25-19)15-7-4-10-24-15)12-22-9-3-5-13(11-22)18-20-14-6-1-2-8-16(14)27-18/h1-2,4,6-8,10,13H,3,5,9,11-12H2/t13-/m1/s1. The summed E-state index contributed by atoms with van der Waals surface area (Å²) in [6, 6.07) is 12.0. The smallest absolute Gasteiger partial charge is 0.288 e. The largest absolute Gasteiger partial charge is 0.459 e. The Kier molecular flexibility index (Phi) is 4.39. The van der Waals surface area contributed by atoms with Crippen molar-refractivity contribution in [3.8, 4) is 11.7 Å². The Labute approximate surface area is 165 Å². The quantitative estimate of drug-likeness (QED) is 0.455. The average molecular weight is 399 g/mol. The number of piperidine rings is 1. The van der Waals surface area contributed by atoms with Crippen molar-refractivity contribution in [2.24, 2.45) is 0 Å². The van der Waals surface area contributed by atoms with Crippen LogP contribution in [0.1, 0.15) is 23.8 Å². The van der Waals surface area contributed by atoms with Crippen LogP contribution in [0.4, 0.5) is 0 Å². The zero-order valence-corrected chi connectivity index (χ0v) is 16.2. The molecule has 0 bridgehead atoms. The van der Waals surface area contributed by atoms with E-state index >= 15 is 0 Å². The Hall–Kier alpha value is -2.29. The Balaban J connectivity index is 1.33. The van der Waals surface area contributed by atoms with Gasteiger partial charge in [-0.2, -0.15) is 0 Å². The van der Waals surface area contributed by atoms with E-state index in [2.05, 4.69) is 28.2 Å². The van der Waals surface area contributed by atoms with Gasteiger partial charge in [-0.1, -0.05) is 12.1 Å². The van der Waals surface area contributed by atoms with E-state index in [9.17, 15) is 0 Å². The molecular weight excluding hydrogens is 380 g/mol. The number of rotatable bonds is 4. The molecule has 27 heavy (non-hydrogen) atoms. The molecule has 1 aliphatic heterocycles. The van der Waals surface area contributed by atoms with Crippen molar-refractivity contribution in [1.29, 1.82) is 0 Å². The van der Waals surface area contributed by atoms with Crippen LogP contribution in [0.2, 0.25) is 0 Å². The molecule has 0 saturated carbocycles. The SMILES string of the molecule is S=c1oc(-c2ccco2)nn1CN1CCC[C@@H](c2nc3ccccc3s2)C1. The fourth-order valence-corrected chi connectivity index (χ4v) is 4.81. The highest BCUT2D eigenvalue weighted by Gasteiger charge is 2.25. The van der Waals surface area contributed by atoms with Crippen LogP contribution in [0.3, 0.4) is 0 Å². The minimum Gasteiger partial charge on any atom is -0.459 e. The third kappa shape index (κ3) is 3.36. The van der Waals surface area contributed by atoms with Crippen molar-refractivity contribution in [3.05, 3.63) is 52.5 Å². The van der Waals surface area contributed by atoms with Gasteiger partial charge in [0.15, 0.2) is 5.76 Å². The highest BCUT2D eigenvalue weighted by Crippen LogP contribution is 2.33. The van der Waals surface area contributed by atoms with Crippen molar-refractivity contribution in [2.75, 3.05) is 13.1 Å². The third-order valence-corrected chi connectivity index (χ3v) is 6.33. The molecule has 0 spiro atoms. The number of likely N-dealkylation sites (tertiary alicyclic amines) is 1. The molecule has 3 aromatic heterocycles. The van der Waals surface area contributed by atoms with Crippen molar-refractivity contribution >= 4 is 33.8 Å². The molecule has 1 aliphatic rings. The molecule has 0 aliphatic carbocycles. The van der Waals surface area contributed by atoms with Gasteiger partial charge in [-0.3, -0.25) is 4.90 Å². The lowest BCUT2D eigenvalue weighted by Gasteiger charge is -2.31. The first kappa shape index (κ1) is 16.9. The highest BCUT2D eigenvalue weighted by atomic mass is 32.1. The molecule has 0 N–H and O–H groups in total. The summed E-state index contributed by atoms with van der Waals surface area (Å²) >= 11 is 7.14. The summed E-state index contributed by atoms with van der Waals surface area (Å²) in [5.41, 5.74) is 1.09. The first-order valence-electron chi connectivity index (χ1n) is 8.96. The molecule has 8 heteroatoms. The van der Waals surface area contributed by atoms with Gasteiger partial charge in [0.25, 0.3) is 10.7 Å². The van der Waals surface area contributed by atoms with Gasteiger partial charge in [0.05, 0.1) is 28.2 Å². The van der Waals surface area contributed by atoms with Crippen LogP contribution in [0, 0.1) is 4.84 Å². The Morgan fingerprint density at radius 2 is 2.15 bits per heavy atom. The molecule has 1 aromatic carbocycles. The van der Waals surface area contributed by atoms with Crippen LogP contribution in [0.15, 0.2) is 51.5 Å². The summed E-state index contributed by atoms with van der Waals surface area (Å²) in [6.07, 6.45) is 3.90. The second-order valence-electron chi connectivity index (χ2n) is 6.73. The third-order valence-electron chi connectivity index (χ3n) is 4.84. The van der Waals surface area contributed by atoms with E-state index in [0.29, 0.717) is 29.1 Å². The monoisotopic (exact) mass is 398 g/mol. The van der Waals surface area contributed by atoms with Gasteiger partial charge in [0.2, 0.25) is 0 Å². The van der Waals surface area contributed by atoms with E-state index in [1.54, 1.807) is 28.3 Å². The average Bonchev–Trinajstić information content (AvgIpc) is 3.42. The van der Waals surface area contributed by atoms with E-state index in [0.717, 1.165) is 31.4 Å². The minimum atomic E-state index is 0.364. The number of benzene rings is 1. The van der Waals surface area contributed by atoms with Crippen molar-refractivity contribution < 1.29 is 8.83 Å². The first-order chi connectivity index (χ1) is 13.3. The molecule has 4 aromatic rings. The highest BCUT2D eigenvalue weighted by molar-refractivity contribution is 7.71. The van der Waals surface area contributed by atoms with E-state index in [-0.39, 0.29) is 0 Å². The molecule has 6 nitrogen and oxygen atoms in total. The number of fused-ring (bicyclic) bond motifs is 1. The maximum atomic E-state index is 5.59. The van der Waals surface area contributed by atoms with Gasteiger partial charge in [0, 0.05) is 12.5 Å². The first-order valence-corrected chi connectivity index (χ1v) is 10.2. The maximum Gasteiger partial charge on any atom is 0.288 e. The second kappa shape index (κ2) is 7.03. The van der Waals surface area contributed by atoms with Crippen molar-refractivity contribution in [3.63, 3.8) is 0 Å². The summed E-state index contributed by atoms with van der Waals surface area (Å²) in [5, 5.41) is 5.70. The fraction of sp³-hybridized carbons (Fsp3) is 0.316. The molecule has 5 rings (SSSR count). The minimum absolute atomic E-state index is 0.364. The predicted molar refractivity (Wildman–Crippen MR) is 106 cm³/mol. The summed E-state index contributed by atoms with van der Waals surface area (Å²) in [4.78, 5) is 7.58. The van der Waals surface area contributed by atoms with Gasteiger partial charge in [-0.25, -0.2) is 9.67 Å². The fourth-order valence-electron chi connectivity index (χ4n) is 3.54. The van der Waals surface area contributed by atoms with E-state index in [1.807, 2.05) is 12.1 Å². The summed E-state index contributed by atoms with van der Waals surface area (Å²) in [6.45, 7) is 2.58. The van der Waals surface area contributed by atoms with Crippen molar-refractivity contribution in [2.45, 2.75) is 25.4 Å². The van der Waals surface area contributed by atoms with Crippen LogP contribution in [0.25, 0.3) is 21.9 Å². The normalized spacial score (nSPS) is 18.3. The van der Waals surface area contributed by atoms with Gasteiger partial charge in [-0.05, 0) is 55.9 Å². The number of thiazole rings is 1. The summed E-state index contributed by atoms with van der Waals surface area (Å²) in [7, 11) is 0. The lowest BCUT2D eigenvalue weighted by Crippen LogP contribution is -2.36. The number of furan rings is 1. The summed E-state index contributed by atoms with van der Waals surface area (Å²) in [5.74, 6) is 1.46. The van der Waals surface area contributed by atoms with Crippen LogP contribution in [-0.4, -0.2) is 32.8 Å². The van der Waals surface area contributed by atoms with Crippen molar-refractivity contribution in [1.82, 2.24) is 19.7 Å². The Morgan fingerprint density at radius 1 is 1.22 bits per heavy atom. The Bertz CT molecular complexity index is 1080. The number of para-hydroxylation sites is 1. The molecule has 1 saturated heterocycles. The predicted octanol–water partition coefficient (Wildman–Crippen LogP) is 4.91. The lowest BCUT2D eigenvalue weighted by atomic mass is 9.99. The van der Waals surface area contributed by atoms with Gasteiger partial charge in [0.1, 0.15) is 0 Å². The molecule has 0 amide bonds. The number of hydrogen-bond donors (Lipinski definition) is 0. The molecule has 4 heterocycles. The van der Waals surface area contributed by atoms with Gasteiger partial charge >= 0.3 is 0 Å². The van der Waals surface area contributed by atoms with Crippen LogP contribution < -0.4 is 0 Å². The van der Waals surface area contributed by atoms with E-state index in [1.165, 1.54) is 9.71 Å². The van der Waals surface area contributed by atoms with E-state index < -0.39 is 0 Å². The van der Waals surface area contributed by atoms with Gasteiger partial charge in [-0.15, -0.1) is 16.4 Å². The topological polar surface area (TPSA) is 60.2 Å². The molecule has 1 atom stereocenters.